The topological polar surface area (TPSA) is 247 Å². The van der Waals surface area contributed by atoms with E-state index in [2.05, 4.69) is 5.32 Å². The molecule has 2 heterocycles. The van der Waals surface area contributed by atoms with E-state index in [1.807, 2.05) is 0 Å². The van der Waals surface area contributed by atoms with E-state index in [4.69, 9.17) is 10.2 Å². The third kappa shape index (κ3) is 11.0. The van der Waals surface area contributed by atoms with Crippen molar-refractivity contribution >= 4 is 47.0 Å². The molecule has 0 saturated heterocycles. The van der Waals surface area contributed by atoms with Crippen LogP contribution in [-0.4, -0.2) is 139 Å². The van der Waals surface area contributed by atoms with E-state index in [0.717, 1.165) is 4.90 Å². The second-order valence-corrected chi connectivity index (χ2v) is 10.4. The summed E-state index contributed by atoms with van der Waals surface area (Å²) in [5.74, 6) is -7.02. The molecule has 2 aromatic heterocycles. The molecule has 0 aliphatic heterocycles. The first-order chi connectivity index (χ1) is 22.2. The molecule has 17 nitrogen and oxygen atoms in total. The molecule has 0 fully saturated rings. The summed E-state index contributed by atoms with van der Waals surface area (Å²) in [5.41, 5.74) is 0.467. The fraction of sp³-hybridized carbons (Fsp3) is 0.300. The maximum absolute atomic E-state index is 13.0. The van der Waals surface area contributed by atoms with Crippen molar-refractivity contribution in [3.63, 3.8) is 0 Å². The Kier molecular flexibility index (Phi) is 12.7. The summed E-state index contributed by atoms with van der Waals surface area (Å²) in [5, 5.41) is 49.0. The molecule has 0 radical (unpaired) electrons. The molecule has 0 aliphatic rings. The molecule has 0 unspecified atom stereocenters. The summed E-state index contributed by atoms with van der Waals surface area (Å²) >= 11 is 0. The number of hydrogen-bond acceptors (Lipinski definition) is 10. The number of aromatic carboxylic acids is 1. The van der Waals surface area contributed by atoms with E-state index >= 15 is 0 Å². The molecule has 3 aromatic rings. The van der Waals surface area contributed by atoms with Crippen molar-refractivity contribution in [2.45, 2.75) is 0 Å². The van der Waals surface area contributed by atoms with Crippen molar-refractivity contribution in [2.75, 3.05) is 64.2 Å². The number of amides is 1. The van der Waals surface area contributed by atoms with Crippen LogP contribution in [0.1, 0.15) is 10.4 Å². The van der Waals surface area contributed by atoms with E-state index in [9.17, 15) is 48.9 Å². The van der Waals surface area contributed by atoms with Crippen molar-refractivity contribution in [3.8, 4) is 11.1 Å². The number of fused-ring (bicyclic) bond motifs is 1. The number of benzene rings is 1. The highest BCUT2D eigenvalue weighted by molar-refractivity contribution is 5.95. The average molecular weight is 656 g/mol. The van der Waals surface area contributed by atoms with Gasteiger partial charge >= 0.3 is 29.8 Å². The van der Waals surface area contributed by atoms with Gasteiger partial charge in [0.05, 0.1) is 38.2 Å². The van der Waals surface area contributed by atoms with Gasteiger partial charge in [0.25, 0.3) is 5.56 Å². The summed E-state index contributed by atoms with van der Waals surface area (Å²) in [6.07, 6.45) is 1.44. The first-order valence-corrected chi connectivity index (χ1v) is 14.1. The third-order valence-corrected chi connectivity index (χ3v) is 6.83. The van der Waals surface area contributed by atoms with Gasteiger partial charge in [-0.25, -0.2) is 4.79 Å². The van der Waals surface area contributed by atoms with Gasteiger partial charge in [0.2, 0.25) is 5.91 Å². The summed E-state index contributed by atoms with van der Waals surface area (Å²) < 4.78 is 1.21. The van der Waals surface area contributed by atoms with Crippen LogP contribution in [0.5, 0.6) is 0 Å². The number of aliphatic carboxylic acids is 4. The molecule has 1 aromatic carbocycles. The van der Waals surface area contributed by atoms with Crippen LogP contribution in [0.2, 0.25) is 0 Å². The molecule has 0 bridgehead atoms. The van der Waals surface area contributed by atoms with Crippen LogP contribution in [-0.2, 0) is 24.0 Å². The molecule has 6 N–H and O–H groups in total. The van der Waals surface area contributed by atoms with Crippen LogP contribution in [0.25, 0.3) is 16.6 Å². The smallest absolute Gasteiger partial charge is 0.341 e. The van der Waals surface area contributed by atoms with Gasteiger partial charge in [0.15, 0.2) is 0 Å². The number of pyridine rings is 2. The first-order valence-electron chi connectivity index (χ1n) is 14.1. The predicted molar refractivity (Wildman–Crippen MR) is 165 cm³/mol. The minimum absolute atomic E-state index is 0.0390. The first kappa shape index (κ1) is 35.8. The lowest BCUT2D eigenvalue weighted by Gasteiger charge is -2.27. The maximum atomic E-state index is 13.0. The number of carboxylic acid groups (broad SMARTS) is 5. The van der Waals surface area contributed by atoms with Gasteiger partial charge in [-0.15, -0.1) is 0 Å². The fourth-order valence-corrected chi connectivity index (χ4v) is 4.83. The summed E-state index contributed by atoms with van der Waals surface area (Å²) in [6.45, 7) is -2.90. The lowest BCUT2D eigenvalue weighted by atomic mass is 10.0. The predicted octanol–water partition coefficient (Wildman–Crippen LogP) is -0.152. The van der Waals surface area contributed by atoms with Crippen LogP contribution in [0.3, 0.4) is 0 Å². The van der Waals surface area contributed by atoms with Crippen LogP contribution in [0, 0.1) is 0 Å². The van der Waals surface area contributed by atoms with Crippen molar-refractivity contribution in [1.29, 1.82) is 0 Å². The molecule has 47 heavy (non-hydrogen) atoms. The Morgan fingerprint density at radius 2 is 1.17 bits per heavy atom. The molecule has 250 valence electrons. The Morgan fingerprint density at radius 1 is 0.638 bits per heavy atom. The van der Waals surface area contributed by atoms with E-state index in [-0.39, 0.29) is 26.2 Å². The maximum Gasteiger partial charge on any atom is 0.341 e. The fourth-order valence-electron chi connectivity index (χ4n) is 4.83. The van der Waals surface area contributed by atoms with Gasteiger partial charge in [-0.3, -0.25) is 47.9 Å². The zero-order valence-electron chi connectivity index (χ0n) is 24.9. The van der Waals surface area contributed by atoms with Crippen LogP contribution >= 0.6 is 0 Å². The standard InChI is InChI=1S/C30H33N5O12/c36-24(14-33(16-26(39)40)10-8-32(15-25(37)38)9-11-34(17-27(41)42)18-28(43)44)31-20-5-3-4-19(12-20)21-13-22(30(46)47)29(45)35-7-2-1-6-23(21)35/h1-7,12-13H,8-11,14-18H2,(H,31,36)(H,37,38)(H,39,40)(H,41,42)(H,43,44)(H,46,47). The van der Waals surface area contributed by atoms with Gasteiger partial charge in [0, 0.05) is 43.6 Å². The Hall–Kier alpha value is -5.65. The number of nitrogens with zero attached hydrogens (tertiary/aromatic N) is 4. The van der Waals surface area contributed by atoms with Gasteiger partial charge in [-0.1, -0.05) is 18.2 Å². The Labute approximate surface area is 266 Å². The highest BCUT2D eigenvalue weighted by Crippen LogP contribution is 2.27. The monoisotopic (exact) mass is 655 g/mol. The van der Waals surface area contributed by atoms with E-state index < -0.39 is 79.6 Å². The number of hydrogen-bond donors (Lipinski definition) is 6. The lowest BCUT2D eigenvalue weighted by Crippen LogP contribution is -2.46. The second kappa shape index (κ2) is 16.6. The molecule has 0 atom stereocenters. The Balaban J connectivity index is 1.74. The molecular weight excluding hydrogens is 622 g/mol. The van der Waals surface area contributed by atoms with Crippen molar-refractivity contribution in [3.05, 3.63) is 70.6 Å². The zero-order valence-corrected chi connectivity index (χ0v) is 24.9. The van der Waals surface area contributed by atoms with Gasteiger partial charge < -0.3 is 30.8 Å². The number of carboxylic acids is 5. The normalized spacial score (nSPS) is 11.2. The number of anilines is 1. The SMILES string of the molecule is O=C(O)CN(CCN(CC(=O)O)CC(=O)O)CCN(CC(=O)O)CC(=O)Nc1cccc(-c2cc(C(=O)O)c(=O)n3ccccc23)c1. The summed E-state index contributed by atoms with van der Waals surface area (Å²) in [6, 6.07) is 12.5. The number of carbonyl (C=O) groups is 6. The van der Waals surface area contributed by atoms with Crippen molar-refractivity contribution < 1.29 is 54.3 Å². The minimum Gasteiger partial charge on any atom is -0.480 e. The van der Waals surface area contributed by atoms with Crippen LogP contribution in [0.15, 0.2) is 59.5 Å². The lowest BCUT2D eigenvalue weighted by molar-refractivity contribution is -0.143. The number of carbonyl (C=O) groups excluding carboxylic acids is 1. The Bertz CT molecular complexity index is 1710. The highest BCUT2D eigenvalue weighted by Gasteiger charge is 2.20. The Morgan fingerprint density at radius 3 is 1.72 bits per heavy atom. The zero-order chi connectivity index (χ0) is 34.7. The van der Waals surface area contributed by atoms with E-state index in [1.165, 1.54) is 26.5 Å². The largest absolute Gasteiger partial charge is 0.480 e. The quantitative estimate of drug-likeness (QED) is 0.0983. The van der Waals surface area contributed by atoms with E-state index in [0.29, 0.717) is 22.3 Å². The molecule has 1 amide bonds. The number of rotatable bonds is 19. The van der Waals surface area contributed by atoms with Crippen molar-refractivity contribution in [1.82, 2.24) is 19.1 Å². The van der Waals surface area contributed by atoms with Gasteiger partial charge in [-0.2, -0.15) is 0 Å². The summed E-state index contributed by atoms with van der Waals surface area (Å²) in [4.78, 5) is 86.2. The molecular formula is C30H33N5O12. The van der Waals surface area contributed by atoms with E-state index in [1.54, 1.807) is 42.5 Å². The number of nitrogens with one attached hydrogen (secondary N) is 1. The minimum atomic E-state index is -1.41. The molecule has 0 spiro atoms. The van der Waals surface area contributed by atoms with Gasteiger partial charge in [-0.05, 0) is 35.9 Å². The number of aromatic nitrogens is 1. The third-order valence-electron chi connectivity index (χ3n) is 6.83. The summed E-state index contributed by atoms with van der Waals surface area (Å²) in [7, 11) is 0. The molecule has 0 saturated carbocycles. The average Bonchev–Trinajstić information content (AvgIpc) is 2.97. The molecule has 17 heteroatoms. The molecule has 3 rings (SSSR count). The van der Waals surface area contributed by atoms with Gasteiger partial charge in [0.1, 0.15) is 5.56 Å². The van der Waals surface area contributed by atoms with Crippen LogP contribution in [0.4, 0.5) is 5.69 Å². The highest BCUT2D eigenvalue weighted by atomic mass is 16.4. The second-order valence-electron chi connectivity index (χ2n) is 10.4. The van der Waals surface area contributed by atoms with Crippen LogP contribution < -0.4 is 10.9 Å². The van der Waals surface area contributed by atoms with Crippen molar-refractivity contribution in [2.24, 2.45) is 0 Å². The molecule has 0 aliphatic carbocycles.